The molecule has 0 aliphatic carbocycles. The summed E-state index contributed by atoms with van der Waals surface area (Å²) in [5.74, 6) is -1.03. The highest BCUT2D eigenvalue weighted by Crippen LogP contribution is 2.13. The lowest BCUT2D eigenvalue weighted by Crippen LogP contribution is -2.38. The molecule has 2 aromatic heterocycles. The number of nitrogens with zero attached hydrogens (tertiary/aromatic N) is 5. The number of hydrazone groups is 1. The number of amides is 1. The molecule has 140 valence electrons. The number of imidazole rings is 1. The molecule has 1 aromatic carbocycles. The van der Waals surface area contributed by atoms with Crippen molar-refractivity contribution in [3.63, 3.8) is 0 Å². The van der Waals surface area contributed by atoms with Gasteiger partial charge in [-0.15, -0.1) is 0 Å². The molecule has 3 rings (SSSR count). The van der Waals surface area contributed by atoms with Crippen LogP contribution in [0.3, 0.4) is 0 Å². The Labute approximate surface area is 159 Å². The summed E-state index contributed by atoms with van der Waals surface area (Å²) in [5.41, 5.74) is 1.69. The summed E-state index contributed by atoms with van der Waals surface area (Å²) in [6, 6.07) is 4.33. The van der Waals surface area contributed by atoms with Crippen LogP contribution in [0.5, 0.6) is 0 Å². The predicted molar refractivity (Wildman–Crippen MR) is 100 cm³/mol. The van der Waals surface area contributed by atoms with Gasteiger partial charge in [0.1, 0.15) is 12.4 Å². The molecule has 1 N–H and O–H groups in total. The third-order valence-electron chi connectivity index (χ3n) is 3.88. The van der Waals surface area contributed by atoms with Gasteiger partial charge in [0, 0.05) is 24.1 Å². The lowest BCUT2D eigenvalue weighted by atomic mass is 10.2. The number of nitrogens with one attached hydrogen (secondary N) is 1. The van der Waals surface area contributed by atoms with E-state index in [4.69, 9.17) is 0 Å². The summed E-state index contributed by atoms with van der Waals surface area (Å²) in [5, 5.41) is 3.72. The Morgan fingerprint density at radius 2 is 2.07 bits per heavy atom. The number of hydrogen-bond acceptors (Lipinski definition) is 5. The van der Waals surface area contributed by atoms with Gasteiger partial charge < -0.3 is 4.57 Å². The average Bonchev–Trinajstić information content (AvgIpc) is 3.04. The molecule has 0 atom stereocenters. The zero-order valence-corrected chi connectivity index (χ0v) is 15.9. The van der Waals surface area contributed by atoms with Crippen molar-refractivity contribution in [1.29, 1.82) is 0 Å². The Balaban J connectivity index is 1.81. The van der Waals surface area contributed by atoms with Gasteiger partial charge in [-0.25, -0.2) is 19.6 Å². The number of rotatable bonds is 4. The zero-order chi connectivity index (χ0) is 19.7. The van der Waals surface area contributed by atoms with E-state index in [0.29, 0.717) is 4.47 Å². The van der Waals surface area contributed by atoms with Crippen LogP contribution in [0.1, 0.15) is 5.56 Å². The van der Waals surface area contributed by atoms with Crippen LogP contribution in [0.25, 0.3) is 11.2 Å². The van der Waals surface area contributed by atoms with E-state index in [1.165, 1.54) is 47.9 Å². The number of carbonyl (C=O) groups is 1. The minimum atomic E-state index is -0.557. The topological polar surface area (TPSA) is 103 Å². The number of fused-ring (bicyclic) bond motifs is 1. The van der Waals surface area contributed by atoms with Crippen LogP contribution in [0.15, 0.2) is 43.7 Å². The smallest absolute Gasteiger partial charge is 0.315 e. The van der Waals surface area contributed by atoms with Crippen molar-refractivity contribution in [2.75, 3.05) is 0 Å². The number of hydrogen-bond donors (Lipinski definition) is 1. The van der Waals surface area contributed by atoms with Crippen molar-refractivity contribution >= 4 is 39.2 Å². The first-order chi connectivity index (χ1) is 12.8. The van der Waals surface area contributed by atoms with Gasteiger partial charge in [-0.1, -0.05) is 15.9 Å². The Kier molecular flexibility index (Phi) is 5.04. The number of aromatic nitrogens is 4. The van der Waals surface area contributed by atoms with E-state index in [1.54, 1.807) is 6.07 Å². The van der Waals surface area contributed by atoms with Crippen LogP contribution in [0.2, 0.25) is 0 Å². The summed E-state index contributed by atoms with van der Waals surface area (Å²) >= 11 is 3.22. The Morgan fingerprint density at radius 3 is 2.81 bits per heavy atom. The average molecular weight is 437 g/mol. The molecule has 0 fully saturated rings. The van der Waals surface area contributed by atoms with Crippen LogP contribution in [-0.4, -0.2) is 30.8 Å². The van der Waals surface area contributed by atoms with Gasteiger partial charge in [-0.3, -0.25) is 18.7 Å². The Morgan fingerprint density at radius 1 is 1.33 bits per heavy atom. The highest BCUT2D eigenvalue weighted by atomic mass is 79.9. The van der Waals surface area contributed by atoms with Crippen molar-refractivity contribution in [3.8, 4) is 0 Å². The maximum Gasteiger partial charge on any atom is 0.332 e. The third kappa shape index (κ3) is 3.58. The molecular weight excluding hydrogens is 423 g/mol. The molecule has 0 saturated carbocycles. The lowest BCUT2D eigenvalue weighted by molar-refractivity contribution is -0.121. The van der Waals surface area contributed by atoms with Gasteiger partial charge >= 0.3 is 5.69 Å². The van der Waals surface area contributed by atoms with E-state index in [0.717, 1.165) is 4.57 Å². The van der Waals surface area contributed by atoms with E-state index >= 15 is 0 Å². The van der Waals surface area contributed by atoms with Crippen LogP contribution in [-0.2, 0) is 25.4 Å². The zero-order valence-electron chi connectivity index (χ0n) is 14.3. The molecule has 0 bridgehead atoms. The number of halogens is 2. The second-order valence-electron chi connectivity index (χ2n) is 5.71. The molecule has 0 unspecified atom stereocenters. The second kappa shape index (κ2) is 7.27. The van der Waals surface area contributed by atoms with E-state index in [9.17, 15) is 18.8 Å². The summed E-state index contributed by atoms with van der Waals surface area (Å²) < 4.78 is 17.8. The fraction of sp³-hybridized carbons (Fsp3) is 0.188. The molecule has 9 nitrogen and oxygen atoms in total. The van der Waals surface area contributed by atoms with E-state index in [2.05, 4.69) is 31.4 Å². The maximum atomic E-state index is 13.6. The molecule has 3 aromatic rings. The first kappa shape index (κ1) is 18.7. The number of aryl methyl sites for hydroxylation is 1. The number of carbonyl (C=O) groups excluding carboxylic acids is 1. The minimum absolute atomic E-state index is 0.122. The fourth-order valence-electron chi connectivity index (χ4n) is 2.49. The van der Waals surface area contributed by atoms with Crippen molar-refractivity contribution < 1.29 is 9.18 Å². The highest BCUT2D eigenvalue weighted by Gasteiger charge is 2.15. The van der Waals surface area contributed by atoms with Gasteiger partial charge in [0.05, 0.1) is 12.5 Å². The van der Waals surface area contributed by atoms with Crippen LogP contribution >= 0.6 is 15.9 Å². The molecular formula is C16H14BrFN6O3. The van der Waals surface area contributed by atoms with E-state index in [-0.39, 0.29) is 23.3 Å². The summed E-state index contributed by atoms with van der Waals surface area (Å²) in [6.07, 6.45) is 2.47. The molecule has 0 radical (unpaired) electrons. The van der Waals surface area contributed by atoms with Crippen molar-refractivity contribution in [2.24, 2.45) is 19.2 Å². The Hall–Kier alpha value is -3.08. The third-order valence-corrected chi connectivity index (χ3v) is 4.38. The van der Waals surface area contributed by atoms with Crippen molar-refractivity contribution in [3.05, 3.63) is 61.2 Å². The summed E-state index contributed by atoms with van der Waals surface area (Å²) in [6.45, 7) is -0.248. The first-order valence-corrected chi connectivity index (χ1v) is 8.46. The monoisotopic (exact) mass is 436 g/mol. The summed E-state index contributed by atoms with van der Waals surface area (Å²) in [7, 11) is 2.83. The Bertz CT molecular complexity index is 1190. The van der Waals surface area contributed by atoms with Crippen molar-refractivity contribution in [2.45, 2.75) is 6.54 Å². The SMILES string of the molecule is Cn1c(=O)c2c(ncn2CC(=O)N/N=C\c2cc(Br)ccc2F)n(C)c1=O. The standard InChI is InChI=1S/C16H14BrFN6O3/c1-22-14-13(15(26)23(2)16(22)27)24(8-19-14)7-12(25)21-20-6-9-5-10(17)3-4-11(9)18/h3-6,8H,7H2,1-2H3,(H,21,25)/b20-6-. The molecule has 1 amide bonds. The molecule has 2 heterocycles. The van der Waals surface area contributed by atoms with Crippen LogP contribution in [0.4, 0.5) is 4.39 Å². The largest absolute Gasteiger partial charge is 0.332 e. The molecule has 27 heavy (non-hydrogen) atoms. The lowest BCUT2D eigenvalue weighted by Gasteiger charge is -2.06. The predicted octanol–water partition coefficient (Wildman–Crippen LogP) is 0.486. The maximum absolute atomic E-state index is 13.6. The molecule has 0 spiro atoms. The van der Waals surface area contributed by atoms with Gasteiger partial charge in [-0.2, -0.15) is 5.10 Å². The van der Waals surface area contributed by atoms with E-state index in [1.807, 2.05) is 0 Å². The molecule has 0 aliphatic heterocycles. The van der Waals surface area contributed by atoms with Gasteiger partial charge in [-0.05, 0) is 18.2 Å². The number of benzene rings is 1. The molecule has 0 aliphatic rings. The van der Waals surface area contributed by atoms with Gasteiger partial charge in [0.15, 0.2) is 11.2 Å². The van der Waals surface area contributed by atoms with Crippen LogP contribution in [0, 0.1) is 5.82 Å². The molecule has 0 saturated heterocycles. The van der Waals surface area contributed by atoms with Gasteiger partial charge in [0.2, 0.25) is 0 Å². The summed E-state index contributed by atoms with van der Waals surface area (Å²) in [4.78, 5) is 40.3. The minimum Gasteiger partial charge on any atom is -0.315 e. The van der Waals surface area contributed by atoms with E-state index < -0.39 is 23.0 Å². The highest BCUT2D eigenvalue weighted by molar-refractivity contribution is 9.10. The van der Waals surface area contributed by atoms with Crippen LogP contribution < -0.4 is 16.7 Å². The quantitative estimate of drug-likeness (QED) is 0.474. The molecule has 11 heteroatoms. The second-order valence-corrected chi connectivity index (χ2v) is 6.63. The van der Waals surface area contributed by atoms with Crippen molar-refractivity contribution in [1.82, 2.24) is 24.1 Å². The van der Waals surface area contributed by atoms with Gasteiger partial charge in [0.25, 0.3) is 11.5 Å². The first-order valence-electron chi connectivity index (χ1n) is 7.67. The fourth-order valence-corrected chi connectivity index (χ4v) is 2.87. The normalized spacial score (nSPS) is 11.4.